The SMILES string of the molecule is C[C@@]12CCC3C(CC[C@@H]4CCCC[C@@]34C)C1CCC2=O. The molecule has 0 aromatic carbocycles. The van der Waals surface area contributed by atoms with Crippen molar-refractivity contribution < 1.29 is 4.79 Å². The molecule has 0 aromatic heterocycles. The number of Topliss-reactive ketones (excluding diaryl/α,β-unsaturated/α-hetero) is 1. The molecular weight excluding hydrogens is 244 g/mol. The average molecular weight is 274 g/mol. The minimum atomic E-state index is 0.0685. The fourth-order valence-corrected chi connectivity index (χ4v) is 7.07. The lowest BCUT2D eigenvalue weighted by molar-refractivity contribution is -0.138. The van der Waals surface area contributed by atoms with E-state index in [1.807, 2.05) is 0 Å². The number of rotatable bonds is 0. The second kappa shape index (κ2) is 4.34. The van der Waals surface area contributed by atoms with Gasteiger partial charge in [0.05, 0.1) is 0 Å². The molecule has 4 fully saturated rings. The first-order chi connectivity index (χ1) is 9.56. The van der Waals surface area contributed by atoms with Crippen LogP contribution >= 0.6 is 0 Å². The Bertz CT molecular complexity index is 427. The van der Waals surface area contributed by atoms with Crippen LogP contribution in [0.4, 0.5) is 0 Å². The third-order valence-corrected chi connectivity index (χ3v) is 8.29. The van der Waals surface area contributed by atoms with E-state index in [0.717, 1.165) is 30.1 Å². The summed E-state index contributed by atoms with van der Waals surface area (Å²) in [5.74, 6) is 4.13. The molecule has 0 radical (unpaired) electrons. The zero-order valence-electron chi connectivity index (χ0n) is 13.3. The van der Waals surface area contributed by atoms with Crippen LogP contribution in [-0.2, 0) is 4.79 Å². The molecule has 4 aliphatic rings. The summed E-state index contributed by atoms with van der Waals surface area (Å²) < 4.78 is 0. The minimum Gasteiger partial charge on any atom is -0.299 e. The predicted octanol–water partition coefficient (Wildman–Crippen LogP) is 4.99. The molecule has 0 aliphatic heterocycles. The Kier molecular flexibility index (Phi) is 2.89. The molecule has 4 aliphatic carbocycles. The molecule has 0 bridgehead atoms. The molecule has 20 heavy (non-hydrogen) atoms. The van der Waals surface area contributed by atoms with Gasteiger partial charge in [-0.2, -0.15) is 0 Å². The molecule has 6 atom stereocenters. The lowest BCUT2D eigenvalue weighted by Gasteiger charge is -2.59. The molecular formula is C19H30O. The van der Waals surface area contributed by atoms with Crippen LogP contribution < -0.4 is 0 Å². The quantitative estimate of drug-likeness (QED) is 0.608. The molecule has 4 saturated carbocycles. The van der Waals surface area contributed by atoms with Gasteiger partial charge >= 0.3 is 0 Å². The number of hydrogen-bond acceptors (Lipinski definition) is 1. The molecule has 4 rings (SSSR count). The van der Waals surface area contributed by atoms with Crippen LogP contribution in [0.5, 0.6) is 0 Å². The van der Waals surface area contributed by atoms with E-state index in [9.17, 15) is 4.79 Å². The molecule has 3 unspecified atom stereocenters. The van der Waals surface area contributed by atoms with Crippen molar-refractivity contribution in [2.24, 2.45) is 34.5 Å². The van der Waals surface area contributed by atoms with Gasteiger partial charge in [0.2, 0.25) is 0 Å². The molecule has 0 aromatic rings. The number of carbonyl (C=O) groups is 1. The summed E-state index contributed by atoms with van der Waals surface area (Å²) in [7, 11) is 0. The standard InChI is InChI=1S/C19H30O/c1-18-11-4-3-5-13(18)6-7-14-15-8-9-17(20)19(15,2)12-10-16(14)18/h13-16H,3-12H2,1-2H3/t13-,14?,15?,16?,18+,19+/m0/s1. The van der Waals surface area contributed by atoms with E-state index >= 15 is 0 Å². The van der Waals surface area contributed by atoms with Crippen molar-refractivity contribution in [3.05, 3.63) is 0 Å². The van der Waals surface area contributed by atoms with E-state index in [4.69, 9.17) is 0 Å². The topological polar surface area (TPSA) is 17.1 Å². The predicted molar refractivity (Wildman–Crippen MR) is 81.4 cm³/mol. The fourth-order valence-electron chi connectivity index (χ4n) is 7.07. The molecule has 0 N–H and O–H groups in total. The van der Waals surface area contributed by atoms with Gasteiger partial charge in [0.1, 0.15) is 5.78 Å². The van der Waals surface area contributed by atoms with Gasteiger partial charge in [-0.15, -0.1) is 0 Å². The number of ketones is 1. The molecule has 112 valence electrons. The maximum Gasteiger partial charge on any atom is 0.139 e. The maximum atomic E-state index is 12.4. The first-order valence-corrected chi connectivity index (χ1v) is 9.09. The zero-order valence-corrected chi connectivity index (χ0v) is 13.3. The summed E-state index contributed by atoms with van der Waals surface area (Å²) >= 11 is 0. The average Bonchev–Trinajstić information content (AvgIpc) is 2.74. The number of hydrogen-bond donors (Lipinski definition) is 0. The van der Waals surface area contributed by atoms with Gasteiger partial charge < -0.3 is 0 Å². The Labute approximate surface area is 123 Å². The monoisotopic (exact) mass is 274 g/mol. The van der Waals surface area contributed by atoms with E-state index < -0.39 is 0 Å². The van der Waals surface area contributed by atoms with Crippen LogP contribution in [-0.4, -0.2) is 5.78 Å². The van der Waals surface area contributed by atoms with Crippen molar-refractivity contribution in [1.29, 1.82) is 0 Å². The second-order valence-corrected chi connectivity index (χ2v) is 8.82. The van der Waals surface area contributed by atoms with Gasteiger partial charge in [0, 0.05) is 11.8 Å². The van der Waals surface area contributed by atoms with Crippen molar-refractivity contribution in [1.82, 2.24) is 0 Å². The molecule has 0 heterocycles. The Balaban J connectivity index is 1.66. The molecule has 0 spiro atoms. The smallest absolute Gasteiger partial charge is 0.139 e. The summed E-state index contributed by atoms with van der Waals surface area (Å²) in [6.07, 6.45) is 13.4. The Morgan fingerprint density at radius 3 is 2.60 bits per heavy atom. The Morgan fingerprint density at radius 2 is 1.75 bits per heavy atom. The first kappa shape index (κ1) is 13.3. The van der Waals surface area contributed by atoms with Crippen LogP contribution in [0.1, 0.15) is 78.1 Å². The first-order valence-electron chi connectivity index (χ1n) is 9.09. The second-order valence-electron chi connectivity index (χ2n) is 8.82. The lowest BCUT2D eigenvalue weighted by Crippen LogP contribution is -2.52. The van der Waals surface area contributed by atoms with Gasteiger partial charge in [0.15, 0.2) is 0 Å². The highest BCUT2D eigenvalue weighted by molar-refractivity contribution is 5.87. The molecule has 1 nitrogen and oxygen atoms in total. The van der Waals surface area contributed by atoms with Crippen molar-refractivity contribution in [2.45, 2.75) is 78.1 Å². The normalized spacial score (nSPS) is 55.0. The number of fused-ring (bicyclic) bond motifs is 5. The molecule has 0 saturated heterocycles. The van der Waals surface area contributed by atoms with E-state index in [0.29, 0.717) is 11.2 Å². The number of carbonyl (C=O) groups excluding carboxylic acids is 1. The van der Waals surface area contributed by atoms with E-state index in [2.05, 4.69) is 13.8 Å². The largest absolute Gasteiger partial charge is 0.299 e. The van der Waals surface area contributed by atoms with Crippen LogP contribution in [0.3, 0.4) is 0 Å². The molecule has 1 heteroatoms. The third-order valence-electron chi connectivity index (χ3n) is 8.29. The third kappa shape index (κ3) is 1.58. The van der Waals surface area contributed by atoms with Gasteiger partial charge in [-0.05, 0) is 74.0 Å². The van der Waals surface area contributed by atoms with Crippen LogP contribution in [0.25, 0.3) is 0 Å². The van der Waals surface area contributed by atoms with Gasteiger partial charge in [-0.1, -0.05) is 26.7 Å². The zero-order chi connectivity index (χ0) is 14.0. The van der Waals surface area contributed by atoms with E-state index in [1.54, 1.807) is 0 Å². The van der Waals surface area contributed by atoms with Crippen molar-refractivity contribution in [3.63, 3.8) is 0 Å². The Morgan fingerprint density at radius 1 is 0.900 bits per heavy atom. The minimum absolute atomic E-state index is 0.0685. The van der Waals surface area contributed by atoms with Crippen molar-refractivity contribution in [2.75, 3.05) is 0 Å². The van der Waals surface area contributed by atoms with Crippen LogP contribution in [0.2, 0.25) is 0 Å². The van der Waals surface area contributed by atoms with Gasteiger partial charge in [0.25, 0.3) is 0 Å². The van der Waals surface area contributed by atoms with Crippen LogP contribution in [0, 0.1) is 34.5 Å². The van der Waals surface area contributed by atoms with Crippen LogP contribution in [0.15, 0.2) is 0 Å². The highest BCUT2D eigenvalue weighted by Gasteiger charge is 2.59. The Hall–Kier alpha value is -0.330. The summed E-state index contributed by atoms with van der Waals surface area (Å²) in [6, 6.07) is 0. The highest BCUT2D eigenvalue weighted by atomic mass is 16.1. The molecule has 0 amide bonds. The highest BCUT2D eigenvalue weighted by Crippen LogP contribution is 2.65. The van der Waals surface area contributed by atoms with Crippen molar-refractivity contribution >= 4 is 5.78 Å². The van der Waals surface area contributed by atoms with E-state index in [1.165, 1.54) is 57.8 Å². The van der Waals surface area contributed by atoms with Gasteiger partial charge in [-0.3, -0.25) is 4.79 Å². The summed E-state index contributed by atoms with van der Waals surface area (Å²) in [6.45, 7) is 4.92. The van der Waals surface area contributed by atoms with Gasteiger partial charge in [-0.25, -0.2) is 0 Å². The fraction of sp³-hybridized carbons (Fsp3) is 0.947. The maximum absolute atomic E-state index is 12.4. The van der Waals surface area contributed by atoms with Crippen molar-refractivity contribution in [3.8, 4) is 0 Å². The lowest BCUT2D eigenvalue weighted by atomic mass is 9.45. The summed E-state index contributed by atoms with van der Waals surface area (Å²) in [5.41, 5.74) is 0.688. The van der Waals surface area contributed by atoms with E-state index in [-0.39, 0.29) is 5.41 Å². The summed E-state index contributed by atoms with van der Waals surface area (Å²) in [5, 5.41) is 0. The summed E-state index contributed by atoms with van der Waals surface area (Å²) in [4.78, 5) is 12.4.